The number of hydrogen-bond donors (Lipinski definition) is 1. The molecule has 106 valence electrons. The van der Waals surface area contributed by atoms with Crippen LogP contribution in [0.4, 0.5) is 0 Å². The van der Waals surface area contributed by atoms with Gasteiger partial charge in [0.15, 0.2) is 0 Å². The van der Waals surface area contributed by atoms with Crippen molar-refractivity contribution in [2.45, 2.75) is 32.5 Å². The summed E-state index contributed by atoms with van der Waals surface area (Å²) in [6.45, 7) is 5.19. The standard InChI is InChI=1S/C15H20N4O/c1-2-19-14-8-9-16-13(15(14)17-18-19)11-20-10-12-6-4-3-5-7-12/h3-7,13,16H,2,8-11H2,1H3. The summed E-state index contributed by atoms with van der Waals surface area (Å²) < 4.78 is 7.81. The summed E-state index contributed by atoms with van der Waals surface area (Å²) in [6, 6.07) is 10.4. The van der Waals surface area contributed by atoms with Gasteiger partial charge in [0.2, 0.25) is 0 Å². The average Bonchev–Trinajstić information content (AvgIpc) is 2.92. The fourth-order valence-electron chi connectivity index (χ4n) is 2.60. The number of benzene rings is 1. The Kier molecular flexibility index (Phi) is 4.08. The molecule has 5 nitrogen and oxygen atoms in total. The van der Waals surface area contributed by atoms with Gasteiger partial charge in [0, 0.05) is 19.5 Å². The minimum absolute atomic E-state index is 0.155. The second kappa shape index (κ2) is 6.15. The van der Waals surface area contributed by atoms with E-state index in [9.17, 15) is 0 Å². The van der Waals surface area contributed by atoms with Crippen molar-refractivity contribution in [3.63, 3.8) is 0 Å². The average molecular weight is 272 g/mol. The van der Waals surface area contributed by atoms with Crippen molar-refractivity contribution >= 4 is 0 Å². The molecule has 1 atom stereocenters. The number of aromatic nitrogens is 3. The Morgan fingerprint density at radius 2 is 2.20 bits per heavy atom. The highest BCUT2D eigenvalue weighted by Crippen LogP contribution is 2.20. The maximum Gasteiger partial charge on any atom is 0.105 e. The summed E-state index contributed by atoms with van der Waals surface area (Å²) in [5, 5.41) is 12.0. The first-order valence-corrected chi connectivity index (χ1v) is 7.15. The molecule has 1 aromatic carbocycles. The first kappa shape index (κ1) is 13.3. The number of nitrogens with zero attached hydrogens (tertiary/aromatic N) is 3. The zero-order valence-electron chi connectivity index (χ0n) is 11.7. The Labute approximate surface area is 118 Å². The van der Waals surface area contributed by atoms with Crippen LogP contribution in [0.2, 0.25) is 0 Å². The van der Waals surface area contributed by atoms with Gasteiger partial charge in [0.25, 0.3) is 0 Å². The highest BCUT2D eigenvalue weighted by molar-refractivity contribution is 5.19. The monoisotopic (exact) mass is 272 g/mol. The van der Waals surface area contributed by atoms with E-state index in [1.165, 1.54) is 11.3 Å². The van der Waals surface area contributed by atoms with E-state index in [0.29, 0.717) is 13.2 Å². The molecule has 2 aromatic rings. The lowest BCUT2D eigenvalue weighted by Gasteiger charge is -2.23. The molecule has 1 aliphatic heterocycles. The van der Waals surface area contributed by atoms with Crippen LogP contribution in [0, 0.1) is 0 Å². The van der Waals surface area contributed by atoms with E-state index < -0.39 is 0 Å². The van der Waals surface area contributed by atoms with Crippen LogP contribution < -0.4 is 5.32 Å². The Morgan fingerprint density at radius 3 is 3.00 bits per heavy atom. The van der Waals surface area contributed by atoms with E-state index in [1.807, 2.05) is 22.9 Å². The molecule has 1 aromatic heterocycles. The first-order valence-electron chi connectivity index (χ1n) is 7.15. The summed E-state index contributed by atoms with van der Waals surface area (Å²) in [5.41, 5.74) is 3.49. The Hall–Kier alpha value is -1.72. The zero-order valence-corrected chi connectivity index (χ0v) is 11.7. The van der Waals surface area contributed by atoms with Gasteiger partial charge < -0.3 is 10.1 Å². The van der Waals surface area contributed by atoms with Gasteiger partial charge in [-0.1, -0.05) is 35.5 Å². The van der Waals surface area contributed by atoms with Crippen molar-refractivity contribution in [1.29, 1.82) is 0 Å². The molecule has 1 unspecified atom stereocenters. The number of fused-ring (bicyclic) bond motifs is 1. The minimum Gasteiger partial charge on any atom is -0.375 e. The lowest BCUT2D eigenvalue weighted by Crippen LogP contribution is -2.33. The fourth-order valence-corrected chi connectivity index (χ4v) is 2.60. The lowest BCUT2D eigenvalue weighted by molar-refractivity contribution is 0.0957. The first-order chi connectivity index (χ1) is 9.88. The van der Waals surface area contributed by atoms with Crippen molar-refractivity contribution in [3.05, 3.63) is 47.3 Å². The summed E-state index contributed by atoms with van der Waals surface area (Å²) in [5.74, 6) is 0. The van der Waals surface area contributed by atoms with Crippen molar-refractivity contribution in [1.82, 2.24) is 20.3 Å². The third-order valence-corrected chi connectivity index (χ3v) is 3.65. The van der Waals surface area contributed by atoms with Gasteiger partial charge in [-0.25, -0.2) is 4.68 Å². The second-order valence-electron chi connectivity index (χ2n) is 4.99. The molecule has 0 spiro atoms. The zero-order chi connectivity index (χ0) is 13.8. The van der Waals surface area contributed by atoms with Crippen LogP contribution in [-0.4, -0.2) is 28.1 Å². The molecule has 1 N–H and O–H groups in total. The molecule has 20 heavy (non-hydrogen) atoms. The summed E-state index contributed by atoms with van der Waals surface area (Å²) >= 11 is 0. The van der Waals surface area contributed by atoms with Gasteiger partial charge in [0.1, 0.15) is 5.69 Å². The van der Waals surface area contributed by atoms with Crippen molar-refractivity contribution < 1.29 is 4.74 Å². The number of ether oxygens (including phenoxy) is 1. The Balaban J connectivity index is 1.61. The second-order valence-corrected chi connectivity index (χ2v) is 4.99. The predicted molar refractivity (Wildman–Crippen MR) is 76.2 cm³/mol. The minimum atomic E-state index is 0.155. The third-order valence-electron chi connectivity index (χ3n) is 3.65. The molecule has 3 rings (SSSR count). The van der Waals surface area contributed by atoms with Gasteiger partial charge in [-0.15, -0.1) is 5.10 Å². The van der Waals surface area contributed by atoms with E-state index >= 15 is 0 Å². The lowest BCUT2D eigenvalue weighted by atomic mass is 10.1. The van der Waals surface area contributed by atoms with Gasteiger partial charge in [-0.05, 0) is 12.5 Å². The Morgan fingerprint density at radius 1 is 1.35 bits per heavy atom. The van der Waals surface area contributed by atoms with E-state index in [0.717, 1.165) is 25.2 Å². The van der Waals surface area contributed by atoms with Crippen molar-refractivity contribution in [2.75, 3.05) is 13.2 Å². The maximum absolute atomic E-state index is 5.82. The van der Waals surface area contributed by atoms with Crippen molar-refractivity contribution in [2.24, 2.45) is 0 Å². The molecule has 2 heterocycles. The molecular formula is C15H20N4O. The molecule has 0 bridgehead atoms. The Bertz CT molecular complexity index is 552. The SMILES string of the molecule is CCn1nnc2c1CCNC2COCc1ccccc1. The topological polar surface area (TPSA) is 52.0 Å². The van der Waals surface area contributed by atoms with Crippen LogP contribution in [-0.2, 0) is 24.3 Å². The number of hydrogen-bond acceptors (Lipinski definition) is 4. The predicted octanol–water partition coefficient (Wildman–Crippen LogP) is 1.70. The fraction of sp³-hybridized carbons (Fsp3) is 0.467. The third kappa shape index (κ3) is 2.73. The van der Waals surface area contributed by atoms with Crippen LogP contribution in [0.5, 0.6) is 0 Å². The molecule has 0 saturated carbocycles. The summed E-state index contributed by atoms with van der Waals surface area (Å²) in [7, 11) is 0. The van der Waals surface area contributed by atoms with Crippen LogP contribution in [0.3, 0.4) is 0 Å². The molecule has 0 fully saturated rings. The van der Waals surface area contributed by atoms with Gasteiger partial charge >= 0.3 is 0 Å². The van der Waals surface area contributed by atoms with Crippen LogP contribution in [0.15, 0.2) is 30.3 Å². The van der Waals surface area contributed by atoms with Gasteiger partial charge in [-0.2, -0.15) is 0 Å². The largest absolute Gasteiger partial charge is 0.375 e. The van der Waals surface area contributed by atoms with E-state index in [-0.39, 0.29) is 6.04 Å². The molecule has 5 heteroatoms. The van der Waals surface area contributed by atoms with Gasteiger partial charge in [-0.3, -0.25) is 0 Å². The molecule has 0 radical (unpaired) electrons. The molecule has 0 aliphatic carbocycles. The highest BCUT2D eigenvalue weighted by atomic mass is 16.5. The molecule has 0 saturated heterocycles. The van der Waals surface area contributed by atoms with E-state index in [1.54, 1.807) is 0 Å². The van der Waals surface area contributed by atoms with Crippen LogP contribution >= 0.6 is 0 Å². The number of rotatable bonds is 5. The van der Waals surface area contributed by atoms with Crippen LogP contribution in [0.1, 0.15) is 29.9 Å². The highest BCUT2D eigenvalue weighted by Gasteiger charge is 2.25. The van der Waals surface area contributed by atoms with E-state index in [4.69, 9.17) is 4.74 Å². The normalized spacial score (nSPS) is 17.9. The molecule has 1 aliphatic rings. The summed E-state index contributed by atoms with van der Waals surface area (Å²) in [4.78, 5) is 0. The van der Waals surface area contributed by atoms with E-state index in [2.05, 4.69) is 34.7 Å². The molecular weight excluding hydrogens is 252 g/mol. The quantitative estimate of drug-likeness (QED) is 0.900. The maximum atomic E-state index is 5.82. The summed E-state index contributed by atoms with van der Waals surface area (Å²) in [6.07, 6.45) is 0.991. The number of aryl methyl sites for hydroxylation is 1. The smallest absolute Gasteiger partial charge is 0.105 e. The molecule has 0 amide bonds. The number of nitrogens with one attached hydrogen (secondary N) is 1. The van der Waals surface area contributed by atoms with Crippen LogP contribution in [0.25, 0.3) is 0 Å². The van der Waals surface area contributed by atoms with Gasteiger partial charge in [0.05, 0.1) is 24.9 Å². The van der Waals surface area contributed by atoms with Crippen molar-refractivity contribution in [3.8, 4) is 0 Å².